The zero-order chi connectivity index (χ0) is 17.1. The predicted octanol–water partition coefficient (Wildman–Crippen LogP) is 5.34. The van der Waals surface area contributed by atoms with Crippen LogP contribution in [0.3, 0.4) is 0 Å². The van der Waals surface area contributed by atoms with Gasteiger partial charge in [-0.3, -0.25) is 4.99 Å². The van der Waals surface area contributed by atoms with Gasteiger partial charge in [0.15, 0.2) is 5.84 Å². The van der Waals surface area contributed by atoms with E-state index in [0.717, 1.165) is 30.0 Å². The molecule has 0 bridgehead atoms. The van der Waals surface area contributed by atoms with Gasteiger partial charge in [-0.2, -0.15) is 0 Å². The van der Waals surface area contributed by atoms with E-state index in [-0.39, 0.29) is 6.04 Å². The highest BCUT2D eigenvalue weighted by molar-refractivity contribution is 9.09. The fourth-order valence-electron chi connectivity index (χ4n) is 3.17. The van der Waals surface area contributed by atoms with Crippen molar-refractivity contribution in [2.45, 2.75) is 23.7 Å². The number of aliphatic imine (C=N–C) groups is 2. The lowest BCUT2D eigenvalue weighted by atomic mass is 9.92. The molecule has 0 spiro atoms. The maximum absolute atomic E-state index is 4.97. The fourth-order valence-corrected chi connectivity index (χ4v) is 3.51. The standard InChI is InChI=1S/C22H19BrN2/c23-19-13-11-17(12-14-19)21-15-20(16-7-3-1-4-8-16)24-22(25-21)18-9-5-2-6-10-18/h1-13,19,21H,14-15H2. The molecule has 2 aromatic carbocycles. The van der Waals surface area contributed by atoms with E-state index in [1.165, 1.54) is 11.1 Å². The third kappa shape index (κ3) is 3.72. The van der Waals surface area contributed by atoms with Gasteiger partial charge < -0.3 is 0 Å². The van der Waals surface area contributed by atoms with Crippen molar-refractivity contribution in [3.63, 3.8) is 0 Å². The summed E-state index contributed by atoms with van der Waals surface area (Å²) in [6, 6.07) is 20.8. The van der Waals surface area contributed by atoms with E-state index in [0.29, 0.717) is 4.83 Å². The number of benzene rings is 2. The number of amidine groups is 1. The van der Waals surface area contributed by atoms with E-state index in [1.54, 1.807) is 0 Å². The third-order valence-electron chi connectivity index (χ3n) is 4.51. The van der Waals surface area contributed by atoms with Gasteiger partial charge in [-0.25, -0.2) is 4.99 Å². The molecular formula is C22H19BrN2. The molecule has 0 aromatic heterocycles. The Balaban J connectivity index is 1.73. The zero-order valence-electron chi connectivity index (χ0n) is 13.8. The van der Waals surface area contributed by atoms with Gasteiger partial charge in [0.25, 0.3) is 0 Å². The molecule has 25 heavy (non-hydrogen) atoms. The van der Waals surface area contributed by atoms with E-state index in [4.69, 9.17) is 9.98 Å². The molecule has 4 rings (SSSR count). The summed E-state index contributed by atoms with van der Waals surface area (Å²) < 4.78 is 0. The van der Waals surface area contributed by atoms with Crippen LogP contribution in [0.4, 0.5) is 0 Å². The minimum Gasteiger partial charge on any atom is -0.258 e. The molecule has 1 aliphatic heterocycles. The molecule has 1 heterocycles. The Morgan fingerprint density at radius 3 is 2.20 bits per heavy atom. The molecule has 3 heteroatoms. The highest BCUT2D eigenvalue weighted by Crippen LogP contribution is 2.27. The first-order valence-electron chi connectivity index (χ1n) is 8.58. The van der Waals surface area contributed by atoms with Crippen molar-refractivity contribution in [1.29, 1.82) is 0 Å². The molecule has 2 nitrogen and oxygen atoms in total. The van der Waals surface area contributed by atoms with Crippen molar-refractivity contribution >= 4 is 27.5 Å². The normalized spacial score (nSPS) is 22.8. The first-order valence-corrected chi connectivity index (χ1v) is 9.50. The molecule has 0 saturated heterocycles. The van der Waals surface area contributed by atoms with Crippen LogP contribution in [0.25, 0.3) is 0 Å². The molecule has 2 atom stereocenters. The molecular weight excluding hydrogens is 372 g/mol. The summed E-state index contributed by atoms with van der Waals surface area (Å²) >= 11 is 3.65. The largest absolute Gasteiger partial charge is 0.258 e. The molecule has 2 aromatic rings. The maximum Gasteiger partial charge on any atom is 0.155 e. The second-order valence-electron chi connectivity index (χ2n) is 6.28. The van der Waals surface area contributed by atoms with Gasteiger partial charge in [-0.1, -0.05) is 94.8 Å². The predicted molar refractivity (Wildman–Crippen MR) is 109 cm³/mol. The van der Waals surface area contributed by atoms with E-state index < -0.39 is 0 Å². The summed E-state index contributed by atoms with van der Waals surface area (Å²) in [7, 11) is 0. The quantitative estimate of drug-likeness (QED) is 0.631. The number of halogens is 1. The molecule has 1 aliphatic carbocycles. The number of allylic oxidation sites excluding steroid dienone is 2. The smallest absolute Gasteiger partial charge is 0.155 e. The van der Waals surface area contributed by atoms with Crippen molar-refractivity contribution < 1.29 is 0 Å². The van der Waals surface area contributed by atoms with E-state index >= 15 is 0 Å². The van der Waals surface area contributed by atoms with Gasteiger partial charge in [-0.05, 0) is 17.6 Å². The second kappa shape index (κ2) is 7.32. The Morgan fingerprint density at radius 2 is 1.56 bits per heavy atom. The molecule has 2 unspecified atom stereocenters. The van der Waals surface area contributed by atoms with Gasteiger partial charge in [0, 0.05) is 16.8 Å². The summed E-state index contributed by atoms with van der Waals surface area (Å²) in [6.07, 6.45) is 8.55. The van der Waals surface area contributed by atoms with E-state index in [1.807, 2.05) is 24.3 Å². The topological polar surface area (TPSA) is 24.7 Å². The molecule has 0 amide bonds. The average Bonchev–Trinajstić information content (AvgIpc) is 2.69. The van der Waals surface area contributed by atoms with Crippen LogP contribution in [0.1, 0.15) is 24.0 Å². The Labute approximate surface area is 156 Å². The Hall–Kier alpha value is -2.26. The number of alkyl halides is 1. The van der Waals surface area contributed by atoms with Crippen LogP contribution in [-0.4, -0.2) is 22.4 Å². The summed E-state index contributed by atoms with van der Waals surface area (Å²) in [5.41, 5.74) is 4.64. The molecule has 0 radical (unpaired) electrons. The van der Waals surface area contributed by atoms with Crippen LogP contribution in [0, 0.1) is 0 Å². The zero-order valence-corrected chi connectivity index (χ0v) is 15.4. The number of hydrogen-bond acceptors (Lipinski definition) is 2. The number of nitrogens with zero attached hydrogens (tertiary/aromatic N) is 2. The SMILES string of the molecule is BrC1C=CC(C2CC(c3ccccc3)=NC(c3ccccc3)=N2)=CC1. The van der Waals surface area contributed by atoms with Crippen LogP contribution in [0.15, 0.2) is 94.4 Å². The van der Waals surface area contributed by atoms with E-state index in [2.05, 4.69) is 70.6 Å². The first kappa shape index (κ1) is 16.2. The second-order valence-corrected chi connectivity index (χ2v) is 7.45. The van der Waals surface area contributed by atoms with Crippen molar-refractivity contribution in [2.24, 2.45) is 9.98 Å². The van der Waals surface area contributed by atoms with E-state index in [9.17, 15) is 0 Å². The van der Waals surface area contributed by atoms with Crippen LogP contribution in [-0.2, 0) is 0 Å². The molecule has 0 fully saturated rings. The fraction of sp³-hybridized carbons (Fsp3) is 0.182. The summed E-state index contributed by atoms with van der Waals surface area (Å²) in [5.74, 6) is 0.825. The van der Waals surface area contributed by atoms with Crippen molar-refractivity contribution in [2.75, 3.05) is 0 Å². The minimum atomic E-state index is 0.124. The van der Waals surface area contributed by atoms with Gasteiger partial charge in [-0.15, -0.1) is 0 Å². The van der Waals surface area contributed by atoms with Crippen molar-refractivity contribution in [3.8, 4) is 0 Å². The molecule has 0 saturated carbocycles. The van der Waals surface area contributed by atoms with Gasteiger partial charge >= 0.3 is 0 Å². The summed E-state index contributed by atoms with van der Waals surface area (Å²) in [5, 5.41) is 0. The Morgan fingerprint density at radius 1 is 0.880 bits per heavy atom. The minimum absolute atomic E-state index is 0.124. The van der Waals surface area contributed by atoms with Crippen molar-refractivity contribution in [1.82, 2.24) is 0 Å². The monoisotopic (exact) mass is 390 g/mol. The lowest BCUT2D eigenvalue weighted by Crippen LogP contribution is -2.23. The molecule has 2 aliphatic rings. The van der Waals surface area contributed by atoms with Gasteiger partial charge in [0.2, 0.25) is 0 Å². The Bertz CT molecular complexity index is 863. The van der Waals surface area contributed by atoms with Gasteiger partial charge in [0.05, 0.1) is 11.8 Å². The third-order valence-corrected chi connectivity index (χ3v) is 5.18. The highest BCUT2D eigenvalue weighted by atomic mass is 79.9. The summed E-state index contributed by atoms with van der Waals surface area (Å²) in [6.45, 7) is 0. The number of hydrogen-bond donors (Lipinski definition) is 0. The van der Waals surface area contributed by atoms with Gasteiger partial charge in [0.1, 0.15) is 0 Å². The first-order chi connectivity index (χ1) is 12.3. The lowest BCUT2D eigenvalue weighted by molar-refractivity contribution is 0.799. The molecule has 124 valence electrons. The summed E-state index contributed by atoms with van der Waals surface area (Å²) in [4.78, 5) is 10.3. The lowest BCUT2D eigenvalue weighted by Gasteiger charge is -2.23. The maximum atomic E-state index is 4.97. The average molecular weight is 391 g/mol. The molecule has 0 N–H and O–H groups in total. The number of rotatable bonds is 3. The Kier molecular flexibility index (Phi) is 4.75. The van der Waals surface area contributed by atoms with Crippen LogP contribution in [0.5, 0.6) is 0 Å². The van der Waals surface area contributed by atoms with Crippen LogP contribution in [0.2, 0.25) is 0 Å². The van der Waals surface area contributed by atoms with Crippen LogP contribution >= 0.6 is 15.9 Å². The highest BCUT2D eigenvalue weighted by Gasteiger charge is 2.23. The van der Waals surface area contributed by atoms with Crippen LogP contribution < -0.4 is 0 Å². The van der Waals surface area contributed by atoms with Crippen molar-refractivity contribution in [3.05, 3.63) is 95.6 Å².